The lowest BCUT2D eigenvalue weighted by molar-refractivity contribution is -0.119. The van der Waals surface area contributed by atoms with Crippen molar-refractivity contribution >= 4 is 17.5 Å². The molecule has 1 aromatic carbocycles. The van der Waals surface area contributed by atoms with Gasteiger partial charge in [-0.15, -0.1) is 6.58 Å². The Labute approximate surface area is 88.4 Å². The summed E-state index contributed by atoms with van der Waals surface area (Å²) in [5.41, 5.74) is 6.15. The number of amides is 1. The molecule has 1 aromatic rings. The van der Waals surface area contributed by atoms with E-state index in [1.165, 1.54) is 0 Å². The average molecular weight is 210 g/mol. The molecule has 0 unspecified atom stereocenters. The SMILES string of the molecule is C=CC[C@@H](C(N)=O)c1ccc(Cl)cc1. The van der Waals surface area contributed by atoms with E-state index in [4.69, 9.17) is 17.3 Å². The number of carbonyl (C=O) groups is 1. The number of benzene rings is 1. The summed E-state index contributed by atoms with van der Waals surface area (Å²) >= 11 is 5.74. The highest BCUT2D eigenvalue weighted by molar-refractivity contribution is 6.30. The highest BCUT2D eigenvalue weighted by Gasteiger charge is 2.15. The molecule has 0 fully saturated rings. The zero-order valence-corrected chi connectivity index (χ0v) is 8.50. The van der Waals surface area contributed by atoms with E-state index in [0.717, 1.165) is 5.56 Å². The lowest BCUT2D eigenvalue weighted by atomic mass is 9.95. The number of hydrogen-bond donors (Lipinski definition) is 1. The van der Waals surface area contributed by atoms with E-state index >= 15 is 0 Å². The van der Waals surface area contributed by atoms with Crippen LogP contribution in [-0.2, 0) is 4.79 Å². The smallest absolute Gasteiger partial charge is 0.225 e. The normalized spacial score (nSPS) is 12.1. The van der Waals surface area contributed by atoms with Gasteiger partial charge in [0.2, 0.25) is 5.91 Å². The third-order valence-electron chi connectivity index (χ3n) is 2.02. The van der Waals surface area contributed by atoms with Crippen LogP contribution >= 0.6 is 11.6 Å². The fraction of sp³-hybridized carbons (Fsp3) is 0.182. The number of primary amides is 1. The molecule has 0 saturated heterocycles. The second-order valence-electron chi connectivity index (χ2n) is 3.03. The second kappa shape index (κ2) is 4.82. The van der Waals surface area contributed by atoms with Crippen molar-refractivity contribution in [2.24, 2.45) is 5.73 Å². The number of hydrogen-bond acceptors (Lipinski definition) is 1. The molecule has 0 heterocycles. The third kappa shape index (κ3) is 2.60. The van der Waals surface area contributed by atoms with Crippen LogP contribution in [0.3, 0.4) is 0 Å². The van der Waals surface area contributed by atoms with Gasteiger partial charge >= 0.3 is 0 Å². The summed E-state index contributed by atoms with van der Waals surface area (Å²) in [5.74, 6) is -0.642. The van der Waals surface area contributed by atoms with Crippen LogP contribution in [-0.4, -0.2) is 5.91 Å². The first-order valence-corrected chi connectivity index (χ1v) is 4.68. The van der Waals surface area contributed by atoms with Crippen molar-refractivity contribution in [2.45, 2.75) is 12.3 Å². The molecule has 1 rings (SSSR count). The Kier molecular flexibility index (Phi) is 3.72. The largest absolute Gasteiger partial charge is 0.369 e. The molecule has 2 nitrogen and oxygen atoms in total. The van der Waals surface area contributed by atoms with Gasteiger partial charge in [-0.2, -0.15) is 0 Å². The molecule has 0 bridgehead atoms. The molecule has 0 aromatic heterocycles. The van der Waals surface area contributed by atoms with E-state index in [1.54, 1.807) is 30.3 Å². The molecule has 0 saturated carbocycles. The molecule has 74 valence electrons. The maximum Gasteiger partial charge on any atom is 0.225 e. The minimum absolute atomic E-state index is 0.301. The summed E-state index contributed by atoms with van der Waals surface area (Å²) in [7, 11) is 0. The number of rotatable bonds is 4. The zero-order chi connectivity index (χ0) is 10.6. The van der Waals surface area contributed by atoms with E-state index in [1.807, 2.05) is 0 Å². The number of nitrogens with two attached hydrogens (primary N) is 1. The lowest BCUT2D eigenvalue weighted by Gasteiger charge is -2.10. The van der Waals surface area contributed by atoms with Crippen LogP contribution in [0, 0.1) is 0 Å². The number of carbonyl (C=O) groups excluding carboxylic acids is 1. The van der Waals surface area contributed by atoms with Gasteiger partial charge in [-0.1, -0.05) is 29.8 Å². The summed E-state index contributed by atoms with van der Waals surface area (Å²) < 4.78 is 0. The van der Waals surface area contributed by atoms with Crippen LogP contribution in [0.25, 0.3) is 0 Å². The van der Waals surface area contributed by atoms with Gasteiger partial charge in [0.25, 0.3) is 0 Å². The molecule has 0 spiro atoms. The Morgan fingerprint density at radius 2 is 2.07 bits per heavy atom. The summed E-state index contributed by atoms with van der Waals surface area (Å²) in [4.78, 5) is 11.1. The van der Waals surface area contributed by atoms with Gasteiger partial charge in [-0.25, -0.2) is 0 Å². The quantitative estimate of drug-likeness (QED) is 0.761. The highest BCUT2D eigenvalue weighted by atomic mass is 35.5. The van der Waals surface area contributed by atoms with Crippen LogP contribution in [0.4, 0.5) is 0 Å². The Morgan fingerprint density at radius 3 is 2.50 bits per heavy atom. The van der Waals surface area contributed by atoms with E-state index in [9.17, 15) is 4.79 Å². The monoisotopic (exact) mass is 209 g/mol. The van der Waals surface area contributed by atoms with Crippen molar-refractivity contribution < 1.29 is 4.79 Å². The third-order valence-corrected chi connectivity index (χ3v) is 2.27. The van der Waals surface area contributed by atoms with Crippen LogP contribution in [0.5, 0.6) is 0 Å². The van der Waals surface area contributed by atoms with Gasteiger partial charge in [0.05, 0.1) is 5.92 Å². The topological polar surface area (TPSA) is 43.1 Å². The number of allylic oxidation sites excluding steroid dienone is 1. The zero-order valence-electron chi connectivity index (χ0n) is 7.74. The molecule has 3 heteroatoms. The summed E-state index contributed by atoms with van der Waals surface area (Å²) in [5, 5.41) is 0.649. The molecule has 0 radical (unpaired) electrons. The fourth-order valence-electron chi connectivity index (χ4n) is 1.28. The Balaban J connectivity index is 2.93. The Morgan fingerprint density at radius 1 is 1.50 bits per heavy atom. The van der Waals surface area contributed by atoms with E-state index in [0.29, 0.717) is 11.4 Å². The number of halogens is 1. The molecule has 1 atom stereocenters. The predicted octanol–water partition coefficient (Wildman–Crippen LogP) is 2.49. The molecule has 2 N–H and O–H groups in total. The first kappa shape index (κ1) is 10.8. The van der Waals surface area contributed by atoms with Gasteiger partial charge in [0.1, 0.15) is 0 Å². The van der Waals surface area contributed by atoms with Gasteiger partial charge in [-0.05, 0) is 24.1 Å². The van der Waals surface area contributed by atoms with Gasteiger partial charge in [0.15, 0.2) is 0 Å². The highest BCUT2D eigenvalue weighted by Crippen LogP contribution is 2.21. The standard InChI is InChI=1S/C11H12ClNO/c1-2-3-10(11(13)14)8-4-6-9(12)7-5-8/h2,4-7,10H,1,3H2,(H2,13,14)/t10-/m1/s1. The van der Waals surface area contributed by atoms with Crippen molar-refractivity contribution in [3.63, 3.8) is 0 Å². The maximum absolute atomic E-state index is 11.1. The van der Waals surface area contributed by atoms with Crippen LogP contribution in [0.15, 0.2) is 36.9 Å². The fourth-order valence-corrected chi connectivity index (χ4v) is 1.40. The van der Waals surface area contributed by atoms with Crippen molar-refractivity contribution in [1.82, 2.24) is 0 Å². The molecular weight excluding hydrogens is 198 g/mol. The summed E-state index contributed by atoms with van der Waals surface area (Å²) in [6, 6.07) is 7.11. The van der Waals surface area contributed by atoms with E-state index < -0.39 is 0 Å². The van der Waals surface area contributed by atoms with Crippen molar-refractivity contribution in [3.05, 3.63) is 47.5 Å². The Hall–Kier alpha value is -1.28. The maximum atomic E-state index is 11.1. The first-order chi connectivity index (χ1) is 6.65. The molecule has 0 aliphatic heterocycles. The van der Waals surface area contributed by atoms with Crippen molar-refractivity contribution in [2.75, 3.05) is 0 Å². The summed E-state index contributed by atoms with van der Waals surface area (Å²) in [6.07, 6.45) is 2.24. The minimum atomic E-state index is -0.341. The molecule has 0 aliphatic rings. The predicted molar refractivity (Wildman–Crippen MR) is 58.2 cm³/mol. The van der Waals surface area contributed by atoms with Crippen molar-refractivity contribution in [3.8, 4) is 0 Å². The van der Waals surface area contributed by atoms with E-state index in [2.05, 4.69) is 6.58 Å². The van der Waals surface area contributed by atoms with Crippen LogP contribution in [0.1, 0.15) is 17.9 Å². The van der Waals surface area contributed by atoms with Crippen molar-refractivity contribution in [1.29, 1.82) is 0 Å². The average Bonchev–Trinajstić information content (AvgIpc) is 2.15. The van der Waals surface area contributed by atoms with Gasteiger partial charge in [0, 0.05) is 5.02 Å². The van der Waals surface area contributed by atoms with Crippen LogP contribution < -0.4 is 5.73 Å². The van der Waals surface area contributed by atoms with Gasteiger partial charge in [-0.3, -0.25) is 4.79 Å². The van der Waals surface area contributed by atoms with E-state index in [-0.39, 0.29) is 11.8 Å². The molecular formula is C11H12ClNO. The van der Waals surface area contributed by atoms with Crippen LogP contribution in [0.2, 0.25) is 5.02 Å². The first-order valence-electron chi connectivity index (χ1n) is 4.31. The lowest BCUT2D eigenvalue weighted by Crippen LogP contribution is -2.20. The molecule has 0 aliphatic carbocycles. The molecule has 1 amide bonds. The minimum Gasteiger partial charge on any atom is -0.369 e. The summed E-state index contributed by atoms with van der Waals surface area (Å²) in [6.45, 7) is 3.59. The van der Waals surface area contributed by atoms with Gasteiger partial charge < -0.3 is 5.73 Å². The molecule has 14 heavy (non-hydrogen) atoms. The second-order valence-corrected chi connectivity index (χ2v) is 3.47. The Bertz CT molecular complexity index is 332.